The highest BCUT2D eigenvalue weighted by Crippen LogP contribution is 2.21. The van der Waals surface area contributed by atoms with Gasteiger partial charge in [0.15, 0.2) is 0 Å². The molecule has 5 nitrogen and oxygen atoms in total. The third kappa shape index (κ3) is 4.57. The Hall–Kier alpha value is -1.53. The Labute approximate surface area is 120 Å². The lowest BCUT2D eigenvalue weighted by atomic mass is 10.3. The summed E-state index contributed by atoms with van der Waals surface area (Å²) >= 11 is 3.34. The van der Waals surface area contributed by atoms with Crippen molar-refractivity contribution in [2.45, 2.75) is 26.4 Å². The van der Waals surface area contributed by atoms with E-state index >= 15 is 0 Å². The molecule has 2 rings (SSSR count). The monoisotopic (exact) mass is 322 g/mol. The second-order valence-corrected chi connectivity index (χ2v) is 5.24. The SMILES string of the molecule is CC(C)NCc1cncc(Oc2cncc(Br)c2)n1. The number of pyridine rings is 1. The largest absolute Gasteiger partial charge is 0.436 e. The molecule has 0 saturated heterocycles. The summed E-state index contributed by atoms with van der Waals surface area (Å²) in [5, 5.41) is 3.28. The van der Waals surface area contributed by atoms with Crippen LogP contribution < -0.4 is 10.1 Å². The molecule has 2 aromatic heterocycles. The first-order valence-electron chi connectivity index (χ1n) is 5.96. The van der Waals surface area contributed by atoms with Crippen molar-refractivity contribution in [3.05, 3.63) is 41.0 Å². The van der Waals surface area contributed by atoms with Gasteiger partial charge < -0.3 is 10.1 Å². The highest BCUT2D eigenvalue weighted by atomic mass is 79.9. The molecule has 0 aliphatic heterocycles. The first kappa shape index (κ1) is 13.9. The standard InChI is InChI=1S/C13H15BrN4O/c1-9(2)17-6-11-5-16-8-13(18-11)19-12-3-10(14)4-15-7-12/h3-5,7-9,17H,6H2,1-2H3. The fraction of sp³-hybridized carbons (Fsp3) is 0.308. The summed E-state index contributed by atoms with van der Waals surface area (Å²) in [4.78, 5) is 12.5. The number of nitrogens with one attached hydrogen (secondary N) is 1. The topological polar surface area (TPSA) is 59.9 Å². The van der Waals surface area contributed by atoms with Gasteiger partial charge in [-0.05, 0) is 22.0 Å². The first-order valence-corrected chi connectivity index (χ1v) is 6.75. The minimum atomic E-state index is 0.403. The number of ether oxygens (including phenoxy) is 1. The summed E-state index contributed by atoms with van der Waals surface area (Å²) in [6, 6.07) is 2.23. The van der Waals surface area contributed by atoms with E-state index in [1.807, 2.05) is 6.07 Å². The van der Waals surface area contributed by atoms with E-state index in [1.165, 1.54) is 0 Å². The second-order valence-electron chi connectivity index (χ2n) is 4.33. The molecule has 0 amide bonds. The van der Waals surface area contributed by atoms with Crippen LogP contribution in [0.1, 0.15) is 19.5 Å². The van der Waals surface area contributed by atoms with Crippen LogP contribution in [0.25, 0.3) is 0 Å². The van der Waals surface area contributed by atoms with Crippen LogP contribution in [-0.2, 0) is 6.54 Å². The van der Waals surface area contributed by atoms with Crippen LogP contribution in [0, 0.1) is 0 Å². The Morgan fingerprint density at radius 2 is 2.00 bits per heavy atom. The molecule has 19 heavy (non-hydrogen) atoms. The molecule has 0 aliphatic rings. The van der Waals surface area contributed by atoms with Crippen molar-refractivity contribution in [3.63, 3.8) is 0 Å². The summed E-state index contributed by atoms with van der Waals surface area (Å²) in [7, 11) is 0. The van der Waals surface area contributed by atoms with Crippen LogP contribution in [0.15, 0.2) is 35.3 Å². The molecule has 0 spiro atoms. The number of halogens is 1. The maximum absolute atomic E-state index is 5.61. The van der Waals surface area contributed by atoms with Gasteiger partial charge in [0.05, 0.1) is 18.1 Å². The van der Waals surface area contributed by atoms with Gasteiger partial charge in [0.1, 0.15) is 5.75 Å². The van der Waals surface area contributed by atoms with Crippen LogP contribution in [0.3, 0.4) is 0 Å². The number of hydrogen-bond donors (Lipinski definition) is 1. The lowest BCUT2D eigenvalue weighted by Crippen LogP contribution is -2.22. The zero-order valence-corrected chi connectivity index (χ0v) is 12.4. The molecular weight excluding hydrogens is 308 g/mol. The average Bonchev–Trinajstić information content (AvgIpc) is 2.37. The molecule has 0 aliphatic carbocycles. The van der Waals surface area contributed by atoms with Crippen LogP contribution in [0.2, 0.25) is 0 Å². The Morgan fingerprint density at radius 1 is 1.21 bits per heavy atom. The molecule has 2 aromatic rings. The molecule has 100 valence electrons. The Bertz CT molecular complexity index is 548. The number of aromatic nitrogens is 3. The molecule has 6 heteroatoms. The van der Waals surface area contributed by atoms with Crippen molar-refractivity contribution >= 4 is 15.9 Å². The Kier molecular flexibility index (Phi) is 4.81. The average molecular weight is 323 g/mol. The molecule has 2 heterocycles. The lowest BCUT2D eigenvalue weighted by molar-refractivity contribution is 0.452. The van der Waals surface area contributed by atoms with Crippen LogP contribution >= 0.6 is 15.9 Å². The van der Waals surface area contributed by atoms with E-state index in [4.69, 9.17) is 4.74 Å². The van der Waals surface area contributed by atoms with Gasteiger partial charge >= 0.3 is 0 Å². The van der Waals surface area contributed by atoms with Gasteiger partial charge in [-0.3, -0.25) is 9.97 Å². The van der Waals surface area contributed by atoms with Gasteiger partial charge in [-0.15, -0.1) is 0 Å². The second kappa shape index (κ2) is 6.58. The molecular formula is C13H15BrN4O. The number of nitrogens with zero attached hydrogens (tertiary/aromatic N) is 3. The normalized spacial score (nSPS) is 10.7. The summed E-state index contributed by atoms with van der Waals surface area (Å²) in [5.74, 6) is 1.08. The van der Waals surface area contributed by atoms with Gasteiger partial charge in [0.2, 0.25) is 5.88 Å². The van der Waals surface area contributed by atoms with E-state index < -0.39 is 0 Å². The van der Waals surface area contributed by atoms with E-state index in [2.05, 4.69) is 50.0 Å². The van der Waals surface area contributed by atoms with Crippen molar-refractivity contribution < 1.29 is 4.74 Å². The third-order valence-corrected chi connectivity index (χ3v) is 2.69. The van der Waals surface area contributed by atoms with Crippen molar-refractivity contribution in [1.82, 2.24) is 20.3 Å². The van der Waals surface area contributed by atoms with E-state index in [1.54, 1.807) is 24.8 Å². The molecule has 0 saturated carbocycles. The predicted molar refractivity (Wildman–Crippen MR) is 76.0 cm³/mol. The van der Waals surface area contributed by atoms with E-state index in [0.717, 1.165) is 10.2 Å². The fourth-order valence-corrected chi connectivity index (χ4v) is 1.74. The zero-order valence-electron chi connectivity index (χ0n) is 10.8. The minimum absolute atomic E-state index is 0.403. The lowest BCUT2D eigenvalue weighted by Gasteiger charge is -2.08. The minimum Gasteiger partial charge on any atom is -0.436 e. The predicted octanol–water partition coefficient (Wildman–Crippen LogP) is 2.92. The van der Waals surface area contributed by atoms with Crippen LogP contribution in [-0.4, -0.2) is 21.0 Å². The highest BCUT2D eigenvalue weighted by molar-refractivity contribution is 9.10. The maximum Gasteiger partial charge on any atom is 0.238 e. The number of hydrogen-bond acceptors (Lipinski definition) is 5. The van der Waals surface area contributed by atoms with Gasteiger partial charge in [-0.1, -0.05) is 13.8 Å². The fourth-order valence-electron chi connectivity index (χ4n) is 1.40. The molecule has 0 atom stereocenters. The molecule has 0 fully saturated rings. The molecule has 0 bridgehead atoms. The van der Waals surface area contributed by atoms with Crippen molar-refractivity contribution in [2.75, 3.05) is 0 Å². The van der Waals surface area contributed by atoms with E-state index in [9.17, 15) is 0 Å². The van der Waals surface area contributed by atoms with Gasteiger partial charge in [-0.25, -0.2) is 4.98 Å². The summed E-state index contributed by atoms with van der Waals surface area (Å²) in [6.45, 7) is 4.83. The molecule has 1 N–H and O–H groups in total. The molecule has 0 unspecified atom stereocenters. The first-order chi connectivity index (χ1) is 9.13. The van der Waals surface area contributed by atoms with Gasteiger partial charge in [-0.2, -0.15) is 0 Å². The summed E-state index contributed by atoms with van der Waals surface area (Å²) in [5.41, 5.74) is 0.842. The molecule has 0 aromatic carbocycles. The van der Waals surface area contributed by atoms with Crippen molar-refractivity contribution in [1.29, 1.82) is 0 Å². The number of rotatable bonds is 5. The molecule has 0 radical (unpaired) electrons. The Balaban J connectivity index is 2.06. The van der Waals surface area contributed by atoms with Gasteiger partial charge in [0.25, 0.3) is 0 Å². The summed E-state index contributed by atoms with van der Waals surface area (Å²) < 4.78 is 6.47. The van der Waals surface area contributed by atoms with Crippen molar-refractivity contribution in [3.8, 4) is 11.6 Å². The van der Waals surface area contributed by atoms with Crippen molar-refractivity contribution in [2.24, 2.45) is 0 Å². The zero-order chi connectivity index (χ0) is 13.7. The third-order valence-electron chi connectivity index (χ3n) is 2.26. The van der Waals surface area contributed by atoms with Gasteiger partial charge in [0, 0.05) is 29.5 Å². The highest BCUT2D eigenvalue weighted by Gasteiger charge is 2.03. The maximum atomic E-state index is 5.61. The van der Waals surface area contributed by atoms with Crippen LogP contribution in [0.4, 0.5) is 0 Å². The van der Waals surface area contributed by atoms with E-state index in [0.29, 0.717) is 24.2 Å². The van der Waals surface area contributed by atoms with E-state index in [-0.39, 0.29) is 0 Å². The van der Waals surface area contributed by atoms with Crippen LogP contribution in [0.5, 0.6) is 11.6 Å². The Morgan fingerprint density at radius 3 is 2.74 bits per heavy atom. The smallest absolute Gasteiger partial charge is 0.238 e. The quantitative estimate of drug-likeness (QED) is 0.917. The summed E-state index contributed by atoms with van der Waals surface area (Å²) in [6.07, 6.45) is 6.63.